The second-order valence-electron chi connectivity index (χ2n) is 6.83. The Labute approximate surface area is 156 Å². The quantitative estimate of drug-likeness (QED) is 0.751. The van der Waals surface area contributed by atoms with Gasteiger partial charge in [0.25, 0.3) is 0 Å². The van der Waals surface area contributed by atoms with E-state index in [1.54, 1.807) is 11.8 Å². The second-order valence-corrected chi connectivity index (χ2v) is 9.03. The Balaban J connectivity index is 1.51. The highest BCUT2D eigenvalue weighted by atomic mass is 32.2. The molecular formula is C19H20N2O2S2. The molecular weight excluding hydrogens is 352 g/mol. The van der Waals surface area contributed by atoms with E-state index < -0.39 is 0 Å². The van der Waals surface area contributed by atoms with Gasteiger partial charge >= 0.3 is 0 Å². The Morgan fingerprint density at radius 1 is 1.24 bits per heavy atom. The number of allylic oxidation sites excluding steroid dienone is 1. The molecule has 1 saturated heterocycles. The van der Waals surface area contributed by atoms with Crippen molar-refractivity contribution in [3.63, 3.8) is 0 Å². The summed E-state index contributed by atoms with van der Waals surface area (Å²) in [5.41, 5.74) is 2.29. The van der Waals surface area contributed by atoms with Gasteiger partial charge in [0, 0.05) is 5.75 Å². The van der Waals surface area contributed by atoms with Crippen LogP contribution in [0.1, 0.15) is 25.7 Å². The first-order valence-corrected chi connectivity index (χ1v) is 10.8. The van der Waals surface area contributed by atoms with Gasteiger partial charge in [-0.15, -0.1) is 11.8 Å². The number of carbonyl (C=O) groups excluding carboxylic acids is 1. The number of rotatable bonds is 3. The molecule has 4 aliphatic rings. The summed E-state index contributed by atoms with van der Waals surface area (Å²) in [7, 11) is 0. The van der Waals surface area contributed by atoms with Crippen molar-refractivity contribution in [2.24, 2.45) is 10.9 Å². The zero-order chi connectivity index (χ0) is 16.8. The smallest absolute Gasteiger partial charge is 0.243 e. The van der Waals surface area contributed by atoms with Gasteiger partial charge in [0.1, 0.15) is 5.37 Å². The van der Waals surface area contributed by atoms with Gasteiger partial charge in [-0.25, -0.2) is 4.99 Å². The van der Waals surface area contributed by atoms with Crippen molar-refractivity contribution in [1.82, 2.24) is 0 Å². The number of nitrogens with zero attached hydrogens (tertiary/aromatic N) is 2. The zero-order valence-corrected chi connectivity index (χ0v) is 15.5. The predicted molar refractivity (Wildman–Crippen MR) is 104 cm³/mol. The average molecular weight is 373 g/mol. The molecule has 0 saturated carbocycles. The Kier molecular flexibility index (Phi) is 4.14. The van der Waals surface area contributed by atoms with Crippen molar-refractivity contribution in [2.45, 2.75) is 37.2 Å². The molecule has 0 spiro atoms. The summed E-state index contributed by atoms with van der Waals surface area (Å²) >= 11 is 3.49. The molecule has 0 radical (unpaired) electrons. The van der Waals surface area contributed by atoms with Gasteiger partial charge in [0.2, 0.25) is 5.91 Å². The molecule has 0 aromatic heterocycles. The van der Waals surface area contributed by atoms with Crippen LogP contribution in [-0.2, 0) is 9.53 Å². The van der Waals surface area contributed by atoms with E-state index in [9.17, 15) is 4.79 Å². The van der Waals surface area contributed by atoms with Crippen molar-refractivity contribution in [3.8, 4) is 0 Å². The second kappa shape index (κ2) is 6.49. The Bertz CT molecular complexity index is 758. The molecule has 1 aliphatic carbocycles. The summed E-state index contributed by atoms with van der Waals surface area (Å²) < 4.78 is 5.34. The molecule has 3 atom stereocenters. The van der Waals surface area contributed by atoms with Gasteiger partial charge in [-0.05, 0) is 48.3 Å². The Morgan fingerprint density at radius 3 is 2.84 bits per heavy atom. The summed E-state index contributed by atoms with van der Waals surface area (Å²) in [5.74, 6) is 0.997. The van der Waals surface area contributed by atoms with Crippen LogP contribution in [0.5, 0.6) is 0 Å². The summed E-state index contributed by atoms with van der Waals surface area (Å²) in [4.78, 5) is 21.8. The van der Waals surface area contributed by atoms with Crippen molar-refractivity contribution < 1.29 is 9.53 Å². The molecule has 1 fully saturated rings. The minimum atomic E-state index is -0.0676. The molecule has 1 aromatic carbocycles. The van der Waals surface area contributed by atoms with Crippen LogP contribution in [0.3, 0.4) is 0 Å². The molecule has 0 bridgehead atoms. The minimum absolute atomic E-state index is 0.0400. The number of anilines is 1. The van der Waals surface area contributed by atoms with E-state index in [1.165, 1.54) is 23.3 Å². The summed E-state index contributed by atoms with van der Waals surface area (Å²) in [6.07, 6.45) is 4.95. The highest BCUT2D eigenvalue weighted by Gasteiger charge is 2.47. The van der Waals surface area contributed by atoms with Crippen LogP contribution in [0, 0.1) is 5.92 Å². The topological polar surface area (TPSA) is 45.2 Å². The summed E-state index contributed by atoms with van der Waals surface area (Å²) in [6.45, 7) is 0.830. The molecule has 0 N–H and O–H groups in total. The number of amidine groups is 1. The van der Waals surface area contributed by atoms with Crippen LogP contribution in [0.15, 0.2) is 45.8 Å². The standard InChI is InChI=1S/C19H20N2O2S2/c22-18-16-14-8-4-5-9-15(14)25-17(16)20-19(24-11-13-10-23-13)21(18)12-6-2-1-3-7-12/h1-3,6-7,13,16-17H,4-5,8-11H2/t13-,16+,17-/m0/s1. The van der Waals surface area contributed by atoms with Crippen LogP contribution in [-0.4, -0.2) is 34.9 Å². The Hall–Kier alpha value is -1.24. The number of para-hydroxylation sites is 1. The van der Waals surface area contributed by atoms with Gasteiger partial charge in [-0.2, -0.15) is 0 Å². The lowest BCUT2D eigenvalue weighted by atomic mass is 9.87. The molecule has 4 nitrogen and oxygen atoms in total. The third-order valence-electron chi connectivity index (χ3n) is 5.11. The number of epoxide rings is 1. The van der Waals surface area contributed by atoms with Crippen LogP contribution in [0.25, 0.3) is 0 Å². The number of thioether (sulfide) groups is 2. The van der Waals surface area contributed by atoms with Gasteiger partial charge < -0.3 is 4.74 Å². The maximum atomic E-state index is 13.5. The number of ether oxygens (including phenoxy) is 1. The molecule has 6 heteroatoms. The fourth-order valence-corrected chi connectivity index (χ4v) is 6.38. The SMILES string of the molecule is O=C1[C@@H]2C3=C(CCCC3)S[C@@H]2N=C(SC[C@@H]2CO2)N1c1ccccc1. The number of aliphatic imine (C=N–C) groups is 1. The Morgan fingerprint density at radius 2 is 2.04 bits per heavy atom. The first-order chi connectivity index (χ1) is 12.3. The number of amides is 1. The molecule has 5 rings (SSSR count). The van der Waals surface area contributed by atoms with E-state index in [-0.39, 0.29) is 17.2 Å². The van der Waals surface area contributed by atoms with E-state index in [0.29, 0.717) is 6.10 Å². The van der Waals surface area contributed by atoms with Crippen molar-refractivity contribution in [2.75, 3.05) is 17.3 Å². The molecule has 1 aromatic rings. The largest absolute Gasteiger partial charge is 0.372 e. The molecule has 1 amide bonds. The molecule has 130 valence electrons. The molecule has 25 heavy (non-hydrogen) atoms. The van der Waals surface area contributed by atoms with Gasteiger partial charge in [-0.3, -0.25) is 9.69 Å². The highest BCUT2D eigenvalue weighted by molar-refractivity contribution is 8.14. The fourth-order valence-electron chi connectivity index (χ4n) is 3.77. The number of hydrogen-bond donors (Lipinski definition) is 0. The fraction of sp³-hybridized carbons (Fsp3) is 0.474. The van der Waals surface area contributed by atoms with Crippen molar-refractivity contribution in [3.05, 3.63) is 40.8 Å². The first-order valence-electron chi connectivity index (χ1n) is 8.91. The van der Waals surface area contributed by atoms with E-state index in [0.717, 1.165) is 36.1 Å². The van der Waals surface area contributed by atoms with E-state index in [1.807, 2.05) is 47.0 Å². The van der Waals surface area contributed by atoms with Crippen LogP contribution in [0.2, 0.25) is 0 Å². The van der Waals surface area contributed by atoms with E-state index in [2.05, 4.69) is 0 Å². The van der Waals surface area contributed by atoms with Crippen molar-refractivity contribution >= 4 is 40.3 Å². The van der Waals surface area contributed by atoms with Crippen LogP contribution >= 0.6 is 23.5 Å². The van der Waals surface area contributed by atoms with Gasteiger partial charge in [0.15, 0.2) is 5.17 Å². The average Bonchev–Trinajstić information content (AvgIpc) is 3.39. The lowest BCUT2D eigenvalue weighted by Crippen LogP contribution is -2.47. The van der Waals surface area contributed by atoms with E-state index in [4.69, 9.17) is 9.73 Å². The van der Waals surface area contributed by atoms with Crippen LogP contribution in [0.4, 0.5) is 5.69 Å². The maximum absolute atomic E-state index is 13.5. The highest BCUT2D eigenvalue weighted by Crippen LogP contribution is 2.52. The van der Waals surface area contributed by atoms with Gasteiger partial charge in [-0.1, -0.05) is 30.0 Å². The van der Waals surface area contributed by atoms with E-state index >= 15 is 0 Å². The third-order valence-corrected chi connectivity index (χ3v) is 7.57. The number of carbonyl (C=O) groups is 1. The number of hydrogen-bond acceptors (Lipinski definition) is 5. The number of fused-ring (bicyclic) bond motifs is 2. The zero-order valence-electron chi connectivity index (χ0n) is 13.9. The first kappa shape index (κ1) is 16.0. The monoisotopic (exact) mass is 372 g/mol. The predicted octanol–water partition coefficient (Wildman–Crippen LogP) is 4.04. The van der Waals surface area contributed by atoms with Crippen LogP contribution < -0.4 is 4.90 Å². The number of benzene rings is 1. The lowest BCUT2D eigenvalue weighted by molar-refractivity contribution is -0.120. The molecule has 3 heterocycles. The lowest BCUT2D eigenvalue weighted by Gasteiger charge is -2.34. The third kappa shape index (κ3) is 2.94. The molecule has 0 unspecified atom stereocenters. The van der Waals surface area contributed by atoms with Crippen molar-refractivity contribution in [1.29, 1.82) is 0 Å². The summed E-state index contributed by atoms with van der Waals surface area (Å²) in [6, 6.07) is 9.95. The van der Waals surface area contributed by atoms with Gasteiger partial charge in [0.05, 0.1) is 24.3 Å². The minimum Gasteiger partial charge on any atom is -0.372 e. The normalized spacial score (nSPS) is 30.9. The summed E-state index contributed by atoms with van der Waals surface area (Å²) in [5, 5.41) is 0.874. The molecule has 3 aliphatic heterocycles. The maximum Gasteiger partial charge on any atom is 0.243 e.